The van der Waals surface area contributed by atoms with Crippen molar-refractivity contribution >= 4 is 5.91 Å². The van der Waals surface area contributed by atoms with Crippen LogP contribution in [0.2, 0.25) is 0 Å². The third kappa shape index (κ3) is 3.84. The summed E-state index contributed by atoms with van der Waals surface area (Å²) in [5, 5.41) is 3.13. The second kappa shape index (κ2) is 6.55. The summed E-state index contributed by atoms with van der Waals surface area (Å²) >= 11 is 0. The zero-order valence-corrected chi connectivity index (χ0v) is 12.0. The van der Waals surface area contributed by atoms with Gasteiger partial charge in [-0.3, -0.25) is 4.79 Å². The lowest BCUT2D eigenvalue weighted by Gasteiger charge is -2.21. The molecule has 1 unspecified atom stereocenters. The van der Waals surface area contributed by atoms with Gasteiger partial charge in [0, 0.05) is 25.2 Å². The van der Waals surface area contributed by atoms with E-state index in [1.807, 2.05) is 38.4 Å². The number of hydrogen-bond donors (Lipinski definition) is 1. The predicted molar refractivity (Wildman–Crippen MR) is 76.0 cm³/mol. The Balaban J connectivity index is 2.71. The van der Waals surface area contributed by atoms with Crippen LogP contribution in [-0.2, 0) is 0 Å². The molecule has 0 bridgehead atoms. The third-order valence-electron chi connectivity index (χ3n) is 3.21. The van der Waals surface area contributed by atoms with Crippen molar-refractivity contribution in [3.8, 4) is 0 Å². The molecule has 0 aliphatic carbocycles. The first kappa shape index (κ1) is 14.7. The smallest absolute Gasteiger partial charge is 0.253 e. The monoisotopic (exact) mass is 248 g/mol. The molecule has 0 heterocycles. The summed E-state index contributed by atoms with van der Waals surface area (Å²) in [6.45, 7) is 7.07. The molecule has 3 heteroatoms. The highest BCUT2D eigenvalue weighted by Gasteiger charge is 2.13. The van der Waals surface area contributed by atoms with Gasteiger partial charge in [0.1, 0.15) is 0 Å². The van der Waals surface area contributed by atoms with Crippen LogP contribution in [0, 0.1) is 0 Å². The molecule has 1 aromatic carbocycles. The van der Waals surface area contributed by atoms with Crippen LogP contribution >= 0.6 is 0 Å². The highest BCUT2D eigenvalue weighted by atomic mass is 16.2. The van der Waals surface area contributed by atoms with Crippen LogP contribution < -0.4 is 5.32 Å². The van der Waals surface area contributed by atoms with Crippen LogP contribution in [0.5, 0.6) is 0 Å². The molecule has 0 spiro atoms. The summed E-state index contributed by atoms with van der Waals surface area (Å²) in [6.07, 6.45) is 0. The minimum Gasteiger partial charge on any atom is -0.340 e. The first-order chi connectivity index (χ1) is 8.45. The molecule has 3 nitrogen and oxygen atoms in total. The standard InChI is InChI=1S/C15H24N2O/c1-11(2)13-6-8-14(9-7-13)15(18)17(5)10-12(3)16-4/h6-9,11-12,16H,10H2,1-5H3. The molecule has 0 aliphatic rings. The van der Waals surface area contributed by atoms with Crippen LogP contribution in [-0.4, -0.2) is 37.5 Å². The van der Waals surface area contributed by atoms with Gasteiger partial charge in [-0.25, -0.2) is 0 Å². The van der Waals surface area contributed by atoms with E-state index in [2.05, 4.69) is 26.1 Å². The first-order valence-corrected chi connectivity index (χ1v) is 6.48. The van der Waals surface area contributed by atoms with Crippen LogP contribution in [0.4, 0.5) is 0 Å². The molecule has 0 aliphatic heterocycles. The minimum atomic E-state index is 0.0763. The van der Waals surface area contributed by atoms with Gasteiger partial charge in [-0.05, 0) is 37.6 Å². The van der Waals surface area contributed by atoms with E-state index in [0.717, 1.165) is 5.56 Å². The molecular weight excluding hydrogens is 224 g/mol. The maximum atomic E-state index is 12.2. The normalized spacial score (nSPS) is 12.6. The molecule has 0 saturated carbocycles. The molecule has 0 fully saturated rings. The number of nitrogens with zero attached hydrogens (tertiary/aromatic N) is 1. The first-order valence-electron chi connectivity index (χ1n) is 6.48. The summed E-state index contributed by atoms with van der Waals surface area (Å²) in [5.41, 5.74) is 2.02. The lowest BCUT2D eigenvalue weighted by Crippen LogP contribution is -2.38. The summed E-state index contributed by atoms with van der Waals surface area (Å²) in [4.78, 5) is 13.9. The molecule has 0 radical (unpaired) electrons. The highest BCUT2D eigenvalue weighted by Crippen LogP contribution is 2.15. The molecule has 100 valence electrons. The van der Waals surface area contributed by atoms with Crippen LogP contribution in [0.3, 0.4) is 0 Å². The zero-order valence-electron chi connectivity index (χ0n) is 12.0. The quantitative estimate of drug-likeness (QED) is 0.868. The molecule has 1 amide bonds. The zero-order chi connectivity index (χ0) is 13.7. The van der Waals surface area contributed by atoms with E-state index in [1.54, 1.807) is 4.90 Å². The maximum absolute atomic E-state index is 12.2. The lowest BCUT2D eigenvalue weighted by atomic mass is 10.0. The van der Waals surface area contributed by atoms with E-state index in [9.17, 15) is 4.79 Å². The average molecular weight is 248 g/mol. The predicted octanol–water partition coefficient (Wildman–Crippen LogP) is 2.49. The van der Waals surface area contributed by atoms with E-state index in [0.29, 0.717) is 18.5 Å². The molecule has 1 atom stereocenters. The van der Waals surface area contributed by atoms with Crippen molar-refractivity contribution in [1.82, 2.24) is 10.2 Å². The van der Waals surface area contributed by atoms with Crippen LogP contribution in [0.25, 0.3) is 0 Å². The number of rotatable bonds is 5. The Kier molecular flexibility index (Phi) is 5.35. The second-order valence-corrected chi connectivity index (χ2v) is 5.15. The minimum absolute atomic E-state index is 0.0763. The van der Waals surface area contributed by atoms with Crippen molar-refractivity contribution in [1.29, 1.82) is 0 Å². The van der Waals surface area contributed by atoms with E-state index in [-0.39, 0.29) is 5.91 Å². The number of carbonyl (C=O) groups excluding carboxylic acids is 1. The number of carbonyl (C=O) groups is 1. The largest absolute Gasteiger partial charge is 0.340 e. The van der Waals surface area contributed by atoms with Gasteiger partial charge in [-0.2, -0.15) is 0 Å². The fourth-order valence-electron chi connectivity index (χ4n) is 1.82. The van der Waals surface area contributed by atoms with Crippen molar-refractivity contribution < 1.29 is 4.79 Å². The lowest BCUT2D eigenvalue weighted by molar-refractivity contribution is 0.0784. The Hall–Kier alpha value is -1.35. The van der Waals surface area contributed by atoms with Crippen molar-refractivity contribution in [3.05, 3.63) is 35.4 Å². The summed E-state index contributed by atoms with van der Waals surface area (Å²) in [6, 6.07) is 8.20. The van der Waals surface area contributed by atoms with Gasteiger partial charge < -0.3 is 10.2 Å². The van der Waals surface area contributed by atoms with Crippen molar-refractivity contribution in [2.45, 2.75) is 32.7 Å². The summed E-state index contributed by atoms with van der Waals surface area (Å²) < 4.78 is 0. The van der Waals surface area contributed by atoms with Crippen LogP contribution in [0.15, 0.2) is 24.3 Å². The highest BCUT2D eigenvalue weighted by molar-refractivity contribution is 5.94. The van der Waals surface area contributed by atoms with Gasteiger partial charge in [0.2, 0.25) is 0 Å². The maximum Gasteiger partial charge on any atom is 0.253 e. The number of hydrogen-bond acceptors (Lipinski definition) is 2. The second-order valence-electron chi connectivity index (χ2n) is 5.15. The van der Waals surface area contributed by atoms with Gasteiger partial charge in [-0.15, -0.1) is 0 Å². The van der Waals surface area contributed by atoms with Crippen LogP contribution in [0.1, 0.15) is 42.6 Å². The molecule has 1 aromatic rings. The van der Waals surface area contributed by atoms with E-state index in [1.165, 1.54) is 5.56 Å². The molecule has 0 aromatic heterocycles. The molecule has 0 saturated heterocycles. The average Bonchev–Trinajstić information content (AvgIpc) is 2.37. The van der Waals surface area contributed by atoms with Gasteiger partial charge >= 0.3 is 0 Å². The summed E-state index contributed by atoms with van der Waals surface area (Å²) in [5.74, 6) is 0.573. The van der Waals surface area contributed by atoms with Crippen molar-refractivity contribution in [2.24, 2.45) is 0 Å². The fraction of sp³-hybridized carbons (Fsp3) is 0.533. The molecule has 1 N–H and O–H groups in total. The molecule has 18 heavy (non-hydrogen) atoms. The Morgan fingerprint density at radius 2 is 1.78 bits per heavy atom. The number of nitrogens with one attached hydrogen (secondary N) is 1. The fourth-order valence-corrected chi connectivity index (χ4v) is 1.82. The number of benzene rings is 1. The van der Waals surface area contributed by atoms with E-state index in [4.69, 9.17) is 0 Å². The third-order valence-corrected chi connectivity index (χ3v) is 3.21. The Morgan fingerprint density at radius 3 is 2.22 bits per heavy atom. The Labute approximate surface area is 110 Å². The number of likely N-dealkylation sites (N-methyl/N-ethyl adjacent to an activating group) is 2. The van der Waals surface area contributed by atoms with E-state index < -0.39 is 0 Å². The van der Waals surface area contributed by atoms with Crippen molar-refractivity contribution in [3.63, 3.8) is 0 Å². The summed E-state index contributed by atoms with van der Waals surface area (Å²) in [7, 11) is 3.74. The number of amides is 1. The Bertz CT molecular complexity index is 384. The SMILES string of the molecule is CNC(C)CN(C)C(=O)c1ccc(C(C)C)cc1. The van der Waals surface area contributed by atoms with E-state index >= 15 is 0 Å². The van der Waals surface area contributed by atoms with Gasteiger partial charge in [0.05, 0.1) is 0 Å². The van der Waals surface area contributed by atoms with Gasteiger partial charge in [0.15, 0.2) is 0 Å². The Morgan fingerprint density at radius 1 is 1.22 bits per heavy atom. The molecule has 1 rings (SSSR count). The van der Waals surface area contributed by atoms with Gasteiger partial charge in [-0.1, -0.05) is 26.0 Å². The van der Waals surface area contributed by atoms with Crippen molar-refractivity contribution in [2.75, 3.05) is 20.6 Å². The molecular formula is C15H24N2O. The van der Waals surface area contributed by atoms with Gasteiger partial charge in [0.25, 0.3) is 5.91 Å². The topological polar surface area (TPSA) is 32.3 Å².